The van der Waals surface area contributed by atoms with Crippen LogP contribution in [0.25, 0.3) is 0 Å². The average Bonchev–Trinajstić information content (AvgIpc) is 2.53. The molecule has 0 bridgehead atoms. The standard InChI is InChI=1S/C16H23N3O2/c1-2-8-18-15(20)12-5-3-7-14(10-12)19-16(21)13-6-4-9-17-11-13/h3,5,7,10,13,17H,2,4,6,8-9,11H2,1H3,(H,18,20)(H,19,21)/t13-/m0/s1. The first-order valence-electron chi connectivity index (χ1n) is 7.60. The molecule has 1 aromatic rings. The number of hydrogen-bond acceptors (Lipinski definition) is 3. The maximum atomic E-state index is 12.2. The van der Waals surface area contributed by atoms with Crippen molar-refractivity contribution in [2.45, 2.75) is 26.2 Å². The van der Waals surface area contributed by atoms with Gasteiger partial charge in [-0.05, 0) is 44.0 Å². The third-order valence-corrected chi connectivity index (χ3v) is 3.60. The van der Waals surface area contributed by atoms with Crippen molar-refractivity contribution >= 4 is 17.5 Å². The van der Waals surface area contributed by atoms with Gasteiger partial charge < -0.3 is 16.0 Å². The lowest BCUT2D eigenvalue weighted by Gasteiger charge is -2.22. The minimum absolute atomic E-state index is 0.0105. The monoisotopic (exact) mass is 289 g/mol. The summed E-state index contributed by atoms with van der Waals surface area (Å²) in [5.74, 6) is -0.0723. The first kappa shape index (κ1) is 15.5. The highest BCUT2D eigenvalue weighted by Gasteiger charge is 2.21. The predicted octanol–water partition coefficient (Wildman–Crippen LogP) is 1.76. The zero-order valence-corrected chi connectivity index (χ0v) is 12.4. The molecule has 1 aliphatic heterocycles. The van der Waals surface area contributed by atoms with E-state index in [1.807, 2.05) is 13.0 Å². The summed E-state index contributed by atoms with van der Waals surface area (Å²) in [6.45, 7) is 4.37. The lowest BCUT2D eigenvalue weighted by molar-refractivity contribution is -0.120. The van der Waals surface area contributed by atoms with Crippen LogP contribution in [0.1, 0.15) is 36.5 Å². The molecule has 21 heavy (non-hydrogen) atoms. The highest BCUT2D eigenvalue weighted by atomic mass is 16.2. The second kappa shape index (κ2) is 7.78. The Balaban J connectivity index is 1.96. The van der Waals surface area contributed by atoms with Gasteiger partial charge in [0.25, 0.3) is 5.91 Å². The van der Waals surface area contributed by atoms with Crippen LogP contribution >= 0.6 is 0 Å². The van der Waals surface area contributed by atoms with Crippen molar-refractivity contribution in [3.63, 3.8) is 0 Å². The highest BCUT2D eigenvalue weighted by Crippen LogP contribution is 2.15. The fraction of sp³-hybridized carbons (Fsp3) is 0.500. The number of benzene rings is 1. The Labute approximate surface area is 125 Å². The summed E-state index contributed by atoms with van der Waals surface area (Å²) >= 11 is 0. The maximum Gasteiger partial charge on any atom is 0.251 e. The summed E-state index contributed by atoms with van der Waals surface area (Å²) in [6, 6.07) is 7.07. The van der Waals surface area contributed by atoms with E-state index in [2.05, 4.69) is 16.0 Å². The summed E-state index contributed by atoms with van der Waals surface area (Å²) < 4.78 is 0. The molecule has 3 N–H and O–H groups in total. The van der Waals surface area contributed by atoms with Gasteiger partial charge >= 0.3 is 0 Å². The van der Waals surface area contributed by atoms with Crippen molar-refractivity contribution < 1.29 is 9.59 Å². The van der Waals surface area contributed by atoms with Gasteiger partial charge in [-0.15, -0.1) is 0 Å². The molecular weight excluding hydrogens is 266 g/mol. The number of nitrogens with one attached hydrogen (secondary N) is 3. The van der Waals surface area contributed by atoms with Crippen LogP contribution in [-0.4, -0.2) is 31.4 Å². The van der Waals surface area contributed by atoms with Crippen LogP contribution in [0.2, 0.25) is 0 Å². The summed E-state index contributed by atoms with van der Waals surface area (Å²) in [5, 5.41) is 8.96. The molecule has 1 atom stereocenters. The maximum absolute atomic E-state index is 12.2. The van der Waals surface area contributed by atoms with Crippen molar-refractivity contribution in [2.24, 2.45) is 5.92 Å². The largest absolute Gasteiger partial charge is 0.352 e. The molecule has 0 aliphatic carbocycles. The first-order chi connectivity index (χ1) is 10.2. The first-order valence-corrected chi connectivity index (χ1v) is 7.60. The zero-order chi connectivity index (χ0) is 15.1. The second-order valence-corrected chi connectivity index (χ2v) is 5.37. The Hall–Kier alpha value is -1.88. The molecule has 0 unspecified atom stereocenters. The van der Waals surface area contributed by atoms with E-state index in [4.69, 9.17) is 0 Å². The third-order valence-electron chi connectivity index (χ3n) is 3.60. The Morgan fingerprint density at radius 3 is 2.95 bits per heavy atom. The molecule has 0 radical (unpaired) electrons. The zero-order valence-electron chi connectivity index (χ0n) is 12.4. The van der Waals surface area contributed by atoms with E-state index in [1.54, 1.807) is 18.2 Å². The number of piperidine rings is 1. The molecule has 1 aliphatic rings. The molecular formula is C16H23N3O2. The van der Waals surface area contributed by atoms with Gasteiger partial charge in [-0.3, -0.25) is 9.59 Å². The van der Waals surface area contributed by atoms with Crippen LogP contribution in [0.5, 0.6) is 0 Å². The normalized spacial score (nSPS) is 18.0. The van der Waals surface area contributed by atoms with Crippen LogP contribution in [-0.2, 0) is 4.79 Å². The molecule has 5 heteroatoms. The van der Waals surface area contributed by atoms with E-state index in [0.29, 0.717) is 17.8 Å². The lowest BCUT2D eigenvalue weighted by Crippen LogP contribution is -2.37. The van der Waals surface area contributed by atoms with Gasteiger partial charge in [0.15, 0.2) is 0 Å². The van der Waals surface area contributed by atoms with Crippen molar-refractivity contribution in [1.82, 2.24) is 10.6 Å². The van der Waals surface area contributed by atoms with Gasteiger partial charge in [-0.2, -0.15) is 0 Å². The number of hydrogen-bond donors (Lipinski definition) is 3. The quantitative estimate of drug-likeness (QED) is 0.773. The van der Waals surface area contributed by atoms with Gasteiger partial charge in [-0.25, -0.2) is 0 Å². The fourth-order valence-corrected chi connectivity index (χ4v) is 2.40. The van der Waals surface area contributed by atoms with E-state index < -0.39 is 0 Å². The molecule has 1 aromatic carbocycles. The van der Waals surface area contributed by atoms with Crippen LogP contribution in [0, 0.1) is 5.92 Å². The Morgan fingerprint density at radius 2 is 2.24 bits per heavy atom. The van der Waals surface area contributed by atoms with Gasteiger partial charge in [0, 0.05) is 24.3 Å². The molecule has 2 rings (SSSR count). The third kappa shape index (κ3) is 4.56. The van der Waals surface area contributed by atoms with Crippen LogP contribution < -0.4 is 16.0 Å². The van der Waals surface area contributed by atoms with Crippen molar-refractivity contribution in [3.05, 3.63) is 29.8 Å². The van der Waals surface area contributed by atoms with E-state index in [0.717, 1.165) is 32.4 Å². The van der Waals surface area contributed by atoms with Gasteiger partial charge in [0.1, 0.15) is 0 Å². The summed E-state index contributed by atoms with van der Waals surface area (Å²) in [4.78, 5) is 24.1. The smallest absolute Gasteiger partial charge is 0.251 e. The summed E-state index contributed by atoms with van der Waals surface area (Å²) in [7, 11) is 0. The molecule has 1 fully saturated rings. The van der Waals surface area contributed by atoms with Crippen molar-refractivity contribution in [3.8, 4) is 0 Å². The topological polar surface area (TPSA) is 70.2 Å². The number of anilines is 1. The molecule has 114 valence electrons. The van der Waals surface area contributed by atoms with Crippen molar-refractivity contribution in [2.75, 3.05) is 25.0 Å². The number of amides is 2. The number of carbonyl (C=O) groups is 2. The Morgan fingerprint density at radius 1 is 1.38 bits per heavy atom. The molecule has 0 spiro atoms. The fourth-order valence-electron chi connectivity index (χ4n) is 2.40. The second-order valence-electron chi connectivity index (χ2n) is 5.37. The van der Waals surface area contributed by atoms with Crippen LogP contribution in [0.3, 0.4) is 0 Å². The summed E-state index contributed by atoms with van der Waals surface area (Å²) in [5.41, 5.74) is 1.25. The minimum Gasteiger partial charge on any atom is -0.352 e. The SMILES string of the molecule is CCCNC(=O)c1cccc(NC(=O)[C@H]2CCCNC2)c1. The molecule has 0 aromatic heterocycles. The van der Waals surface area contributed by atoms with Gasteiger partial charge in [0.05, 0.1) is 5.92 Å². The molecule has 1 saturated heterocycles. The van der Waals surface area contributed by atoms with E-state index in [1.165, 1.54) is 0 Å². The van der Waals surface area contributed by atoms with Gasteiger partial charge in [-0.1, -0.05) is 13.0 Å². The van der Waals surface area contributed by atoms with E-state index in [9.17, 15) is 9.59 Å². The Kier molecular flexibility index (Phi) is 5.75. The molecule has 5 nitrogen and oxygen atoms in total. The average molecular weight is 289 g/mol. The van der Waals surface area contributed by atoms with Crippen LogP contribution in [0.15, 0.2) is 24.3 Å². The molecule has 0 saturated carbocycles. The summed E-state index contributed by atoms with van der Waals surface area (Å²) in [6.07, 6.45) is 2.84. The highest BCUT2D eigenvalue weighted by molar-refractivity contribution is 5.97. The van der Waals surface area contributed by atoms with Crippen LogP contribution in [0.4, 0.5) is 5.69 Å². The Bertz CT molecular complexity index is 496. The lowest BCUT2D eigenvalue weighted by atomic mass is 9.98. The molecule has 2 amide bonds. The molecule has 1 heterocycles. The predicted molar refractivity (Wildman–Crippen MR) is 83.3 cm³/mol. The number of carbonyl (C=O) groups excluding carboxylic acids is 2. The van der Waals surface area contributed by atoms with E-state index >= 15 is 0 Å². The van der Waals surface area contributed by atoms with Gasteiger partial charge in [0.2, 0.25) is 5.91 Å². The number of rotatable bonds is 5. The van der Waals surface area contributed by atoms with Crippen molar-refractivity contribution in [1.29, 1.82) is 0 Å². The van der Waals surface area contributed by atoms with E-state index in [-0.39, 0.29) is 17.7 Å². The minimum atomic E-state index is -0.104.